The Morgan fingerprint density at radius 2 is 2.00 bits per heavy atom. The minimum absolute atomic E-state index is 0.650. The van der Waals surface area contributed by atoms with Crippen molar-refractivity contribution in [2.45, 2.75) is 39.5 Å². The van der Waals surface area contributed by atoms with Gasteiger partial charge in [0.2, 0.25) is 0 Å². The van der Waals surface area contributed by atoms with Gasteiger partial charge in [0.1, 0.15) is 5.82 Å². The first-order chi connectivity index (χ1) is 10.8. The summed E-state index contributed by atoms with van der Waals surface area (Å²) in [7, 11) is 0. The van der Waals surface area contributed by atoms with Crippen molar-refractivity contribution in [3.8, 4) is 5.75 Å². The fourth-order valence-corrected chi connectivity index (χ4v) is 2.08. The van der Waals surface area contributed by atoms with Gasteiger partial charge in [-0.2, -0.15) is 0 Å². The van der Waals surface area contributed by atoms with Crippen LogP contribution in [0.25, 0.3) is 0 Å². The third-order valence-corrected chi connectivity index (χ3v) is 3.32. The van der Waals surface area contributed by atoms with Crippen LogP contribution in [0.4, 0.5) is 5.82 Å². The summed E-state index contributed by atoms with van der Waals surface area (Å²) in [6.07, 6.45) is 9.59. The van der Waals surface area contributed by atoms with Gasteiger partial charge in [0.25, 0.3) is 0 Å². The summed E-state index contributed by atoms with van der Waals surface area (Å²) in [5.41, 5.74) is 1.28. The van der Waals surface area contributed by atoms with E-state index in [0.717, 1.165) is 49.6 Å². The van der Waals surface area contributed by atoms with Crippen molar-refractivity contribution in [2.75, 3.05) is 18.5 Å². The highest BCUT2D eigenvalue weighted by atomic mass is 16.5. The molecule has 0 unspecified atom stereocenters. The third-order valence-electron chi connectivity index (χ3n) is 3.32. The van der Waals surface area contributed by atoms with Crippen LogP contribution in [0.5, 0.6) is 5.75 Å². The molecule has 0 saturated heterocycles. The molecule has 0 saturated carbocycles. The SMILES string of the molecule is CCCCNc1nc(C)ncc1OCCCc1ccncc1. The monoisotopic (exact) mass is 300 g/mol. The molecule has 0 aliphatic rings. The molecule has 0 atom stereocenters. The maximum Gasteiger partial charge on any atom is 0.179 e. The van der Waals surface area contributed by atoms with E-state index in [4.69, 9.17) is 4.74 Å². The molecule has 22 heavy (non-hydrogen) atoms. The van der Waals surface area contributed by atoms with E-state index in [1.54, 1.807) is 6.20 Å². The number of nitrogens with one attached hydrogen (secondary N) is 1. The molecule has 0 aliphatic heterocycles. The first-order valence-corrected chi connectivity index (χ1v) is 7.89. The number of unbranched alkanes of at least 4 members (excludes halogenated alkanes) is 1. The molecule has 0 bridgehead atoms. The molecular formula is C17H24N4O. The Morgan fingerprint density at radius 1 is 1.18 bits per heavy atom. The van der Waals surface area contributed by atoms with Crippen LogP contribution in [0.3, 0.4) is 0 Å². The number of nitrogens with zero attached hydrogens (tertiary/aromatic N) is 3. The summed E-state index contributed by atoms with van der Waals surface area (Å²) in [6.45, 7) is 5.61. The predicted molar refractivity (Wildman–Crippen MR) is 88.2 cm³/mol. The number of hydrogen-bond donors (Lipinski definition) is 1. The van der Waals surface area contributed by atoms with Crippen LogP contribution < -0.4 is 10.1 Å². The van der Waals surface area contributed by atoms with Gasteiger partial charge in [-0.3, -0.25) is 4.98 Å². The van der Waals surface area contributed by atoms with E-state index in [-0.39, 0.29) is 0 Å². The number of rotatable bonds is 9. The second-order valence-electron chi connectivity index (χ2n) is 5.22. The average Bonchev–Trinajstić information content (AvgIpc) is 2.54. The molecule has 0 aromatic carbocycles. The van der Waals surface area contributed by atoms with Crippen LogP contribution >= 0.6 is 0 Å². The van der Waals surface area contributed by atoms with Gasteiger partial charge in [-0.05, 0) is 43.9 Å². The van der Waals surface area contributed by atoms with Gasteiger partial charge in [-0.25, -0.2) is 9.97 Å². The van der Waals surface area contributed by atoms with E-state index in [2.05, 4.69) is 27.2 Å². The summed E-state index contributed by atoms with van der Waals surface area (Å²) < 4.78 is 5.84. The Labute approximate surface area is 132 Å². The Hall–Kier alpha value is -2.17. The topological polar surface area (TPSA) is 59.9 Å². The summed E-state index contributed by atoms with van der Waals surface area (Å²) in [5.74, 6) is 2.28. The van der Waals surface area contributed by atoms with E-state index >= 15 is 0 Å². The Morgan fingerprint density at radius 3 is 2.77 bits per heavy atom. The zero-order valence-corrected chi connectivity index (χ0v) is 13.4. The highest BCUT2D eigenvalue weighted by Gasteiger charge is 2.06. The average molecular weight is 300 g/mol. The quantitative estimate of drug-likeness (QED) is 0.719. The van der Waals surface area contributed by atoms with Crippen LogP contribution in [0, 0.1) is 6.92 Å². The lowest BCUT2D eigenvalue weighted by Gasteiger charge is -2.12. The minimum atomic E-state index is 0.650. The van der Waals surface area contributed by atoms with E-state index in [9.17, 15) is 0 Å². The zero-order chi connectivity index (χ0) is 15.6. The lowest BCUT2D eigenvalue weighted by atomic mass is 10.1. The van der Waals surface area contributed by atoms with Gasteiger partial charge < -0.3 is 10.1 Å². The molecule has 2 heterocycles. The number of hydrogen-bond acceptors (Lipinski definition) is 5. The van der Waals surface area contributed by atoms with E-state index < -0.39 is 0 Å². The fourth-order valence-electron chi connectivity index (χ4n) is 2.08. The van der Waals surface area contributed by atoms with Gasteiger partial charge in [0, 0.05) is 18.9 Å². The molecule has 0 radical (unpaired) electrons. The summed E-state index contributed by atoms with van der Waals surface area (Å²) in [5, 5.41) is 3.33. The standard InChI is InChI=1S/C17H24N4O/c1-3-4-9-19-17-16(13-20-14(2)21-17)22-12-5-6-15-7-10-18-11-8-15/h7-8,10-11,13H,3-6,9,12H2,1-2H3,(H,19,20,21). The molecule has 0 aliphatic carbocycles. The van der Waals surface area contributed by atoms with Crippen molar-refractivity contribution >= 4 is 5.82 Å². The van der Waals surface area contributed by atoms with Crippen LogP contribution in [-0.4, -0.2) is 28.1 Å². The molecular weight excluding hydrogens is 276 g/mol. The highest BCUT2D eigenvalue weighted by molar-refractivity contribution is 5.48. The second-order valence-corrected chi connectivity index (χ2v) is 5.22. The number of ether oxygens (including phenoxy) is 1. The van der Waals surface area contributed by atoms with E-state index in [1.807, 2.05) is 31.5 Å². The largest absolute Gasteiger partial charge is 0.488 e. The molecule has 2 aromatic rings. The van der Waals surface area contributed by atoms with Gasteiger partial charge in [0.15, 0.2) is 11.6 Å². The van der Waals surface area contributed by atoms with Crippen LogP contribution in [0.2, 0.25) is 0 Å². The normalized spacial score (nSPS) is 10.5. The first kappa shape index (κ1) is 16.2. The van der Waals surface area contributed by atoms with Crippen LogP contribution in [0.15, 0.2) is 30.7 Å². The molecule has 5 nitrogen and oxygen atoms in total. The van der Waals surface area contributed by atoms with Crippen molar-refractivity contribution in [2.24, 2.45) is 0 Å². The summed E-state index contributed by atoms with van der Waals surface area (Å²) in [4.78, 5) is 12.7. The maximum absolute atomic E-state index is 5.84. The van der Waals surface area contributed by atoms with Crippen molar-refractivity contribution in [1.82, 2.24) is 15.0 Å². The molecule has 5 heteroatoms. The number of aromatic nitrogens is 3. The van der Waals surface area contributed by atoms with Crippen molar-refractivity contribution in [3.05, 3.63) is 42.1 Å². The van der Waals surface area contributed by atoms with E-state index in [1.165, 1.54) is 5.56 Å². The van der Waals surface area contributed by atoms with Crippen LogP contribution in [-0.2, 0) is 6.42 Å². The molecule has 1 N–H and O–H groups in total. The zero-order valence-electron chi connectivity index (χ0n) is 13.4. The number of aryl methyl sites for hydroxylation is 2. The predicted octanol–water partition coefficient (Wildman–Crippen LogP) is 3.40. The molecule has 2 aromatic heterocycles. The molecule has 118 valence electrons. The Balaban J connectivity index is 1.83. The lowest BCUT2D eigenvalue weighted by Crippen LogP contribution is -2.08. The minimum Gasteiger partial charge on any atom is -0.488 e. The summed E-state index contributed by atoms with van der Waals surface area (Å²) >= 11 is 0. The molecule has 0 spiro atoms. The lowest BCUT2D eigenvalue weighted by molar-refractivity contribution is 0.310. The van der Waals surface area contributed by atoms with Crippen LogP contribution in [0.1, 0.15) is 37.6 Å². The fraction of sp³-hybridized carbons (Fsp3) is 0.471. The van der Waals surface area contributed by atoms with Crippen molar-refractivity contribution < 1.29 is 4.74 Å². The first-order valence-electron chi connectivity index (χ1n) is 7.89. The van der Waals surface area contributed by atoms with Gasteiger partial charge >= 0.3 is 0 Å². The second kappa shape index (κ2) is 8.97. The number of pyridine rings is 1. The third kappa shape index (κ3) is 5.31. The molecule has 0 fully saturated rings. The molecule has 0 amide bonds. The Bertz CT molecular complexity index is 560. The van der Waals surface area contributed by atoms with Crippen molar-refractivity contribution in [3.63, 3.8) is 0 Å². The highest BCUT2D eigenvalue weighted by Crippen LogP contribution is 2.21. The molecule has 2 rings (SSSR count). The van der Waals surface area contributed by atoms with Gasteiger partial charge in [-0.15, -0.1) is 0 Å². The maximum atomic E-state index is 5.84. The van der Waals surface area contributed by atoms with E-state index in [0.29, 0.717) is 6.61 Å². The Kier molecular flexibility index (Phi) is 6.61. The van der Waals surface area contributed by atoms with Gasteiger partial charge in [0.05, 0.1) is 12.8 Å². The van der Waals surface area contributed by atoms with Crippen molar-refractivity contribution in [1.29, 1.82) is 0 Å². The number of anilines is 1. The smallest absolute Gasteiger partial charge is 0.179 e. The van der Waals surface area contributed by atoms with Gasteiger partial charge in [-0.1, -0.05) is 13.3 Å². The summed E-state index contributed by atoms with van der Waals surface area (Å²) in [6, 6.07) is 4.07.